The van der Waals surface area contributed by atoms with Gasteiger partial charge in [0, 0.05) is 18.4 Å². The van der Waals surface area contributed by atoms with E-state index in [0.29, 0.717) is 11.7 Å². The van der Waals surface area contributed by atoms with Crippen LogP contribution in [-0.2, 0) is 9.53 Å². The molecular formula is C12H20O2. The van der Waals surface area contributed by atoms with Crippen LogP contribution >= 0.6 is 0 Å². The van der Waals surface area contributed by atoms with Gasteiger partial charge < -0.3 is 4.74 Å². The van der Waals surface area contributed by atoms with Crippen molar-refractivity contribution < 1.29 is 9.53 Å². The molecule has 2 atom stereocenters. The predicted octanol–water partition coefficient (Wildman–Crippen LogP) is 2.42. The molecule has 0 bridgehead atoms. The fourth-order valence-electron chi connectivity index (χ4n) is 3.35. The molecule has 2 unspecified atom stereocenters. The summed E-state index contributed by atoms with van der Waals surface area (Å²) in [5.74, 6) is 0.965. The van der Waals surface area contributed by atoms with Crippen molar-refractivity contribution in [3.8, 4) is 0 Å². The lowest BCUT2D eigenvalue weighted by molar-refractivity contribution is -0.153. The van der Waals surface area contributed by atoms with Gasteiger partial charge in [-0.25, -0.2) is 0 Å². The maximum atomic E-state index is 11.9. The summed E-state index contributed by atoms with van der Waals surface area (Å²) in [5.41, 5.74) is 0.117. The van der Waals surface area contributed by atoms with E-state index in [1.807, 2.05) is 0 Å². The van der Waals surface area contributed by atoms with E-state index in [-0.39, 0.29) is 10.8 Å². The molecule has 2 rings (SSSR count). The molecule has 1 aliphatic heterocycles. The van der Waals surface area contributed by atoms with Gasteiger partial charge >= 0.3 is 0 Å². The lowest BCUT2D eigenvalue weighted by Crippen LogP contribution is -2.52. The lowest BCUT2D eigenvalue weighted by Gasteiger charge is -2.52. The van der Waals surface area contributed by atoms with Crippen molar-refractivity contribution in [2.24, 2.45) is 16.7 Å². The smallest absolute Gasteiger partial charge is 0.138 e. The van der Waals surface area contributed by atoms with Gasteiger partial charge in [0.1, 0.15) is 5.78 Å². The van der Waals surface area contributed by atoms with Crippen molar-refractivity contribution in [2.45, 2.75) is 40.0 Å². The van der Waals surface area contributed by atoms with Crippen molar-refractivity contribution in [2.75, 3.05) is 13.2 Å². The predicted molar refractivity (Wildman–Crippen MR) is 55.1 cm³/mol. The highest BCUT2D eigenvalue weighted by Gasteiger charge is 2.51. The largest absolute Gasteiger partial charge is 0.381 e. The van der Waals surface area contributed by atoms with Crippen LogP contribution in [0.2, 0.25) is 0 Å². The first-order valence-corrected chi connectivity index (χ1v) is 5.58. The fourth-order valence-corrected chi connectivity index (χ4v) is 3.35. The molecular weight excluding hydrogens is 176 g/mol. The van der Waals surface area contributed by atoms with Crippen molar-refractivity contribution in [3.05, 3.63) is 0 Å². The van der Waals surface area contributed by atoms with Gasteiger partial charge in [0.05, 0.1) is 6.61 Å². The Kier molecular flexibility index (Phi) is 2.22. The van der Waals surface area contributed by atoms with E-state index in [0.717, 1.165) is 32.5 Å². The zero-order valence-electron chi connectivity index (χ0n) is 9.43. The fraction of sp³-hybridized carbons (Fsp3) is 0.917. The molecule has 14 heavy (non-hydrogen) atoms. The molecule has 2 aliphatic rings. The van der Waals surface area contributed by atoms with E-state index >= 15 is 0 Å². The Balaban J connectivity index is 2.30. The minimum atomic E-state index is -0.128. The number of Topliss-reactive ketones (excluding diaryl/α,β-unsaturated/α-hetero) is 1. The SMILES string of the molecule is CC12CCC(=O)C(C)(C)C1CCOC2. The van der Waals surface area contributed by atoms with E-state index in [2.05, 4.69) is 20.8 Å². The van der Waals surface area contributed by atoms with Crippen molar-refractivity contribution >= 4 is 5.78 Å². The molecule has 0 N–H and O–H groups in total. The molecule has 2 nitrogen and oxygen atoms in total. The monoisotopic (exact) mass is 196 g/mol. The average molecular weight is 196 g/mol. The highest BCUT2D eigenvalue weighted by molar-refractivity contribution is 5.85. The number of hydrogen-bond acceptors (Lipinski definition) is 2. The van der Waals surface area contributed by atoms with Crippen LogP contribution in [0.15, 0.2) is 0 Å². The van der Waals surface area contributed by atoms with Gasteiger partial charge in [0.15, 0.2) is 0 Å². The molecule has 0 radical (unpaired) electrons. The standard InChI is InChI=1S/C12H20O2/c1-11(2)9-5-7-14-8-12(9,3)6-4-10(11)13/h9H,4-8H2,1-3H3. The second-order valence-corrected chi connectivity index (χ2v) is 5.69. The molecule has 2 fully saturated rings. The summed E-state index contributed by atoms with van der Waals surface area (Å²) < 4.78 is 5.56. The molecule has 0 aromatic carbocycles. The summed E-state index contributed by atoms with van der Waals surface area (Å²) >= 11 is 0. The van der Waals surface area contributed by atoms with Crippen LogP contribution in [0.1, 0.15) is 40.0 Å². The molecule has 0 spiro atoms. The first-order chi connectivity index (χ1) is 6.47. The van der Waals surface area contributed by atoms with E-state index in [9.17, 15) is 4.79 Å². The van der Waals surface area contributed by atoms with Crippen molar-refractivity contribution in [1.29, 1.82) is 0 Å². The summed E-state index contributed by atoms with van der Waals surface area (Å²) in [6, 6.07) is 0. The number of ether oxygens (including phenoxy) is 1. The quantitative estimate of drug-likeness (QED) is 0.594. The topological polar surface area (TPSA) is 26.3 Å². The Morgan fingerprint density at radius 1 is 1.36 bits per heavy atom. The second kappa shape index (κ2) is 3.06. The number of ketones is 1. The molecule has 0 amide bonds. The average Bonchev–Trinajstić information content (AvgIpc) is 2.13. The van der Waals surface area contributed by atoms with Crippen LogP contribution in [0.4, 0.5) is 0 Å². The van der Waals surface area contributed by atoms with Gasteiger partial charge in [-0.1, -0.05) is 20.8 Å². The maximum Gasteiger partial charge on any atom is 0.138 e. The van der Waals surface area contributed by atoms with Crippen LogP contribution in [0.5, 0.6) is 0 Å². The van der Waals surface area contributed by atoms with E-state index in [4.69, 9.17) is 4.74 Å². The Morgan fingerprint density at radius 2 is 2.07 bits per heavy atom. The van der Waals surface area contributed by atoms with Crippen LogP contribution in [0.25, 0.3) is 0 Å². The van der Waals surface area contributed by atoms with Gasteiger partial charge in [0.25, 0.3) is 0 Å². The van der Waals surface area contributed by atoms with Gasteiger partial charge in [0.2, 0.25) is 0 Å². The highest BCUT2D eigenvalue weighted by Crippen LogP contribution is 2.52. The summed E-state index contributed by atoms with van der Waals surface area (Å²) in [4.78, 5) is 11.9. The number of hydrogen-bond donors (Lipinski definition) is 0. The zero-order chi connectivity index (χ0) is 10.4. The number of rotatable bonds is 0. The first-order valence-electron chi connectivity index (χ1n) is 5.58. The molecule has 2 heteroatoms. The molecule has 1 saturated heterocycles. The molecule has 1 saturated carbocycles. The van der Waals surface area contributed by atoms with E-state index < -0.39 is 0 Å². The maximum absolute atomic E-state index is 11.9. The lowest BCUT2D eigenvalue weighted by atomic mass is 9.54. The van der Waals surface area contributed by atoms with Gasteiger partial charge in [-0.2, -0.15) is 0 Å². The van der Waals surface area contributed by atoms with E-state index in [1.54, 1.807) is 0 Å². The third kappa shape index (κ3) is 1.31. The van der Waals surface area contributed by atoms with Gasteiger partial charge in [-0.15, -0.1) is 0 Å². The minimum Gasteiger partial charge on any atom is -0.381 e. The van der Waals surface area contributed by atoms with Crippen LogP contribution < -0.4 is 0 Å². The molecule has 1 aliphatic carbocycles. The van der Waals surface area contributed by atoms with Crippen LogP contribution in [-0.4, -0.2) is 19.0 Å². The number of carbonyl (C=O) groups excluding carboxylic acids is 1. The summed E-state index contributed by atoms with van der Waals surface area (Å²) in [5, 5.41) is 0. The molecule has 0 aromatic heterocycles. The number of carbonyl (C=O) groups is 1. The van der Waals surface area contributed by atoms with Crippen molar-refractivity contribution in [3.63, 3.8) is 0 Å². The normalized spacial score (nSPS) is 41.9. The Labute approximate surface area is 86.0 Å². The highest BCUT2D eigenvalue weighted by atomic mass is 16.5. The van der Waals surface area contributed by atoms with Crippen molar-refractivity contribution in [1.82, 2.24) is 0 Å². The molecule has 1 heterocycles. The van der Waals surface area contributed by atoms with Crippen LogP contribution in [0.3, 0.4) is 0 Å². The molecule has 80 valence electrons. The first kappa shape index (κ1) is 10.2. The second-order valence-electron chi connectivity index (χ2n) is 5.69. The summed E-state index contributed by atoms with van der Waals surface area (Å²) in [6.45, 7) is 8.18. The summed E-state index contributed by atoms with van der Waals surface area (Å²) in [6.07, 6.45) is 2.80. The Morgan fingerprint density at radius 3 is 2.79 bits per heavy atom. The Bertz CT molecular complexity index is 257. The minimum absolute atomic E-state index is 0.128. The zero-order valence-corrected chi connectivity index (χ0v) is 9.43. The van der Waals surface area contributed by atoms with E-state index in [1.165, 1.54) is 0 Å². The third-order valence-corrected chi connectivity index (χ3v) is 4.34. The molecule has 0 aromatic rings. The van der Waals surface area contributed by atoms with Gasteiger partial charge in [-0.3, -0.25) is 4.79 Å². The third-order valence-electron chi connectivity index (χ3n) is 4.34. The number of fused-ring (bicyclic) bond motifs is 1. The Hall–Kier alpha value is -0.370. The van der Waals surface area contributed by atoms with Crippen LogP contribution in [0, 0.1) is 16.7 Å². The summed E-state index contributed by atoms with van der Waals surface area (Å²) in [7, 11) is 0. The van der Waals surface area contributed by atoms with Gasteiger partial charge in [-0.05, 0) is 24.2 Å².